The highest BCUT2D eigenvalue weighted by atomic mass is 15.1. The molecule has 0 bridgehead atoms. The van der Waals surface area contributed by atoms with Crippen LogP contribution < -0.4 is 5.32 Å². The number of hydrogen-bond donors (Lipinski definition) is 1. The third-order valence-corrected chi connectivity index (χ3v) is 2.10. The van der Waals surface area contributed by atoms with Crippen molar-refractivity contribution >= 4 is 0 Å². The summed E-state index contributed by atoms with van der Waals surface area (Å²) >= 11 is 0. The zero-order valence-electron chi connectivity index (χ0n) is 8.31. The molecule has 0 radical (unpaired) electrons. The van der Waals surface area contributed by atoms with Crippen molar-refractivity contribution in [1.82, 2.24) is 10.2 Å². The molecule has 0 amide bonds. The van der Waals surface area contributed by atoms with Gasteiger partial charge in [-0.15, -0.1) is 13.2 Å². The molecule has 0 aromatic carbocycles. The Bertz CT molecular complexity index is 87.8. The predicted molar refractivity (Wildman–Crippen MR) is 55.5 cm³/mol. The Morgan fingerprint density at radius 1 is 1.25 bits per heavy atom. The van der Waals surface area contributed by atoms with Gasteiger partial charge in [-0.05, 0) is 52.5 Å². The van der Waals surface area contributed by atoms with Gasteiger partial charge in [0.25, 0.3) is 0 Å². The molecule has 1 heterocycles. The molecule has 0 saturated carbocycles. The molecule has 1 fully saturated rings. The van der Waals surface area contributed by atoms with Gasteiger partial charge in [0.2, 0.25) is 0 Å². The second-order valence-corrected chi connectivity index (χ2v) is 3.01. The van der Waals surface area contributed by atoms with Crippen molar-refractivity contribution in [3.63, 3.8) is 0 Å². The molecule has 72 valence electrons. The largest absolute Gasteiger partial charge is 0.320 e. The summed E-state index contributed by atoms with van der Waals surface area (Å²) in [5.74, 6) is 0. The third kappa shape index (κ3) is 5.33. The molecular weight excluding hydrogens is 148 g/mol. The van der Waals surface area contributed by atoms with E-state index >= 15 is 0 Å². The zero-order valence-corrected chi connectivity index (χ0v) is 8.31. The lowest BCUT2D eigenvalue weighted by atomic mass is 10.4. The van der Waals surface area contributed by atoms with Crippen LogP contribution in [0, 0.1) is 0 Å². The maximum atomic E-state index is 3.16. The molecule has 2 nitrogen and oxygen atoms in total. The summed E-state index contributed by atoms with van der Waals surface area (Å²) in [6, 6.07) is 0. The molecular formula is C10H22N2. The number of rotatable bonds is 4. The van der Waals surface area contributed by atoms with Gasteiger partial charge in [0, 0.05) is 0 Å². The monoisotopic (exact) mass is 170 g/mol. The van der Waals surface area contributed by atoms with Crippen LogP contribution >= 0.6 is 0 Å². The summed E-state index contributed by atoms with van der Waals surface area (Å²) in [4.78, 5) is 2.55. The summed E-state index contributed by atoms with van der Waals surface area (Å²) < 4.78 is 0. The van der Waals surface area contributed by atoms with Gasteiger partial charge in [0.1, 0.15) is 0 Å². The smallest absolute Gasteiger partial charge is 0.000664 e. The molecule has 0 atom stereocenters. The molecule has 2 heteroatoms. The third-order valence-electron chi connectivity index (χ3n) is 2.10. The lowest BCUT2D eigenvalue weighted by molar-refractivity contribution is 0.333. The highest BCUT2D eigenvalue weighted by molar-refractivity contribution is 4.65. The van der Waals surface area contributed by atoms with E-state index in [9.17, 15) is 0 Å². The fourth-order valence-corrected chi connectivity index (χ4v) is 1.49. The first-order chi connectivity index (χ1) is 5.93. The zero-order chi connectivity index (χ0) is 9.23. The van der Waals surface area contributed by atoms with Gasteiger partial charge in [-0.2, -0.15) is 0 Å². The molecule has 0 unspecified atom stereocenters. The van der Waals surface area contributed by atoms with Gasteiger partial charge in [-0.3, -0.25) is 0 Å². The predicted octanol–water partition coefficient (Wildman–Crippen LogP) is 1.49. The van der Waals surface area contributed by atoms with E-state index in [1.807, 2.05) is 7.05 Å². The summed E-state index contributed by atoms with van der Waals surface area (Å²) in [5, 5.41) is 3.16. The fraction of sp³-hybridized carbons (Fsp3) is 0.800. The normalized spacial score (nSPS) is 17.1. The van der Waals surface area contributed by atoms with Crippen LogP contribution in [0.2, 0.25) is 0 Å². The van der Waals surface area contributed by atoms with Crippen molar-refractivity contribution in [1.29, 1.82) is 0 Å². The van der Waals surface area contributed by atoms with Crippen molar-refractivity contribution in [2.24, 2.45) is 0 Å². The van der Waals surface area contributed by atoms with Crippen LogP contribution in [-0.2, 0) is 0 Å². The topological polar surface area (TPSA) is 15.3 Å². The summed E-state index contributed by atoms with van der Waals surface area (Å²) in [6.07, 6.45) is 4.13. The second-order valence-electron chi connectivity index (χ2n) is 3.01. The Balaban J connectivity index is 0.000000561. The Kier molecular flexibility index (Phi) is 8.51. The molecule has 1 aliphatic heterocycles. The van der Waals surface area contributed by atoms with E-state index in [1.165, 1.54) is 38.9 Å². The molecule has 0 aliphatic carbocycles. The lowest BCUT2D eigenvalue weighted by Crippen LogP contribution is -2.23. The number of nitrogens with one attached hydrogen (secondary N) is 1. The number of nitrogens with zero attached hydrogens (tertiary/aromatic N) is 1. The summed E-state index contributed by atoms with van der Waals surface area (Å²) in [7, 11) is 2.02. The van der Waals surface area contributed by atoms with E-state index in [2.05, 4.69) is 23.4 Å². The van der Waals surface area contributed by atoms with Crippen LogP contribution in [0.3, 0.4) is 0 Å². The van der Waals surface area contributed by atoms with E-state index in [1.54, 1.807) is 0 Å². The average molecular weight is 170 g/mol. The van der Waals surface area contributed by atoms with Gasteiger partial charge < -0.3 is 10.2 Å². The minimum Gasteiger partial charge on any atom is -0.320 e. The Morgan fingerprint density at radius 2 is 1.83 bits per heavy atom. The minimum atomic E-state index is 1.16. The highest BCUT2D eigenvalue weighted by Gasteiger charge is 2.09. The van der Waals surface area contributed by atoms with Gasteiger partial charge >= 0.3 is 0 Å². The summed E-state index contributed by atoms with van der Waals surface area (Å²) in [5.41, 5.74) is 0. The van der Waals surface area contributed by atoms with Crippen LogP contribution in [0.15, 0.2) is 13.2 Å². The van der Waals surface area contributed by atoms with Crippen LogP contribution in [0.1, 0.15) is 19.3 Å². The SMILES string of the molecule is C=C.CNCCCN1CCCC1. The molecule has 12 heavy (non-hydrogen) atoms. The van der Waals surface area contributed by atoms with Crippen molar-refractivity contribution in [3.8, 4) is 0 Å². The maximum Gasteiger partial charge on any atom is -0.000664 e. The molecule has 1 N–H and O–H groups in total. The maximum absolute atomic E-state index is 3.16. The molecule has 1 rings (SSSR count). The first-order valence-corrected chi connectivity index (χ1v) is 4.80. The quantitative estimate of drug-likeness (QED) is 0.508. The molecule has 1 aliphatic rings. The standard InChI is InChI=1S/C8H18N2.C2H4/c1-9-5-4-8-10-6-2-3-7-10;1-2/h9H,2-8H2,1H3;1-2H2. The van der Waals surface area contributed by atoms with Crippen LogP contribution in [0.5, 0.6) is 0 Å². The molecule has 0 spiro atoms. The average Bonchev–Trinajstić information content (AvgIpc) is 2.61. The van der Waals surface area contributed by atoms with Gasteiger partial charge in [0.05, 0.1) is 0 Å². The van der Waals surface area contributed by atoms with Crippen molar-refractivity contribution in [2.45, 2.75) is 19.3 Å². The molecule has 1 saturated heterocycles. The van der Waals surface area contributed by atoms with Crippen molar-refractivity contribution in [2.75, 3.05) is 33.2 Å². The fourth-order valence-electron chi connectivity index (χ4n) is 1.49. The Hall–Kier alpha value is -0.340. The van der Waals surface area contributed by atoms with Crippen LogP contribution in [-0.4, -0.2) is 38.1 Å². The van der Waals surface area contributed by atoms with Gasteiger partial charge in [-0.1, -0.05) is 0 Å². The van der Waals surface area contributed by atoms with Crippen LogP contribution in [0.25, 0.3) is 0 Å². The van der Waals surface area contributed by atoms with Crippen LogP contribution in [0.4, 0.5) is 0 Å². The van der Waals surface area contributed by atoms with E-state index in [0.717, 1.165) is 6.54 Å². The van der Waals surface area contributed by atoms with E-state index < -0.39 is 0 Å². The first kappa shape index (κ1) is 11.7. The first-order valence-electron chi connectivity index (χ1n) is 4.80. The highest BCUT2D eigenvalue weighted by Crippen LogP contribution is 2.06. The second kappa shape index (κ2) is 8.75. The Labute approximate surface area is 76.6 Å². The lowest BCUT2D eigenvalue weighted by Gasteiger charge is -2.13. The Morgan fingerprint density at radius 3 is 2.33 bits per heavy atom. The van der Waals surface area contributed by atoms with E-state index in [-0.39, 0.29) is 0 Å². The molecule has 0 aromatic rings. The number of likely N-dealkylation sites (tertiary alicyclic amines) is 1. The van der Waals surface area contributed by atoms with Gasteiger partial charge in [-0.25, -0.2) is 0 Å². The van der Waals surface area contributed by atoms with Crippen molar-refractivity contribution < 1.29 is 0 Å². The molecule has 0 aromatic heterocycles. The number of hydrogen-bond acceptors (Lipinski definition) is 2. The van der Waals surface area contributed by atoms with Gasteiger partial charge in [0.15, 0.2) is 0 Å². The van der Waals surface area contributed by atoms with E-state index in [0.29, 0.717) is 0 Å². The summed E-state index contributed by atoms with van der Waals surface area (Å²) in [6.45, 7) is 11.1. The van der Waals surface area contributed by atoms with E-state index in [4.69, 9.17) is 0 Å². The minimum absolute atomic E-state index is 1.16. The van der Waals surface area contributed by atoms with Crippen molar-refractivity contribution in [3.05, 3.63) is 13.2 Å².